The molecule has 2 rings (SSSR count). The number of amidine groups is 1. The van der Waals surface area contributed by atoms with E-state index < -0.39 is 10.8 Å². The maximum atomic E-state index is 11.2. The van der Waals surface area contributed by atoms with E-state index in [1.807, 2.05) is 11.8 Å². The average molecular weight is 246 g/mol. The lowest BCUT2D eigenvalue weighted by molar-refractivity contribution is 0.551. The van der Waals surface area contributed by atoms with Crippen LogP contribution in [0.5, 0.6) is 0 Å². The largest absolute Gasteiger partial charge is 0.362 e. The minimum Gasteiger partial charge on any atom is -0.362 e. The van der Waals surface area contributed by atoms with Crippen LogP contribution >= 0.6 is 11.8 Å². The molecule has 2 aliphatic heterocycles. The molecule has 1 unspecified atom stereocenters. The summed E-state index contributed by atoms with van der Waals surface area (Å²) >= 11 is 1.83. The molecule has 5 heteroatoms. The van der Waals surface area contributed by atoms with Crippen LogP contribution in [0.3, 0.4) is 0 Å². The maximum absolute atomic E-state index is 11.2. The van der Waals surface area contributed by atoms with Crippen LogP contribution in [0.2, 0.25) is 0 Å². The molecule has 3 nitrogen and oxygen atoms in total. The number of aliphatic imine (C=N–C) groups is 1. The Bertz CT molecular complexity index is 271. The van der Waals surface area contributed by atoms with Gasteiger partial charge in [-0.3, -0.25) is 9.20 Å². The van der Waals surface area contributed by atoms with Crippen LogP contribution in [0.15, 0.2) is 4.99 Å². The molecule has 0 aliphatic carbocycles. The molecule has 0 saturated carbocycles. The van der Waals surface area contributed by atoms with E-state index in [0.717, 1.165) is 36.1 Å². The molecule has 0 radical (unpaired) electrons. The van der Waals surface area contributed by atoms with Crippen molar-refractivity contribution in [3.8, 4) is 0 Å². The van der Waals surface area contributed by atoms with Crippen LogP contribution in [0.1, 0.15) is 19.8 Å². The summed E-state index contributed by atoms with van der Waals surface area (Å²) in [6, 6.07) is 0.502. The smallest absolute Gasteiger partial charge is 0.156 e. The molecular weight excluding hydrogens is 228 g/mol. The summed E-state index contributed by atoms with van der Waals surface area (Å²) in [6.45, 7) is 3.19. The Labute approximate surface area is 98.0 Å². The average Bonchev–Trinajstić information content (AvgIpc) is 2.25. The second kappa shape index (κ2) is 5.34. The Morgan fingerprint density at radius 2 is 2.20 bits per heavy atom. The topological polar surface area (TPSA) is 41.5 Å². The number of hydrogen-bond acceptors (Lipinski definition) is 4. The lowest BCUT2D eigenvalue weighted by Crippen LogP contribution is -2.39. The van der Waals surface area contributed by atoms with Crippen LogP contribution in [-0.2, 0) is 10.8 Å². The quantitative estimate of drug-likeness (QED) is 0.756. The van der Waals surface area contributed by atoms with E-state index in [4.69, 9.17) is 0 Å². The summed E-state index contributed by atoms with van der Waals surface area (Å²) in [4.78, 5) is 4.52. The third-order valence-electron chi connectivity index (χ3n) is 2.77. The first-order valence-corrected chi connectivity index (χ1v) is 8.00. The Morgan fingerprint density at radius 3 is 2.80 bits per heavy atom. The highest BCUT2D eigenvalue weighted by atomic mass is 32.2. The van der Waals surface area contributed by atoms with Gasteiger partial charge < -0.3 is 5.32 Å². The SMILES string of the molecule is CC1CN=C(NC2CCS(=O)CC2)SC1. The first-order valence-electron chi connectivity index (χ1n) is 5.53. The molecule has 1 saturated heterocycles. The van der Waals surface area contributed by atoms with E-state index in [-0.39, 0.29) is 0 Å². The molecule has 0 bridgehead atoms. The van der Waals surface area contributed by atoms with Crippen molar-refractivity contribution in [3.05, 3.63) is 0 Å². The fraction of sp³-hybridized carbons (Fsp3) is 0.900. The molecule has 86 valence electrons. The lowest BCUT2D eigenvalue weighted by atomic mass is 10.2. The Balaban J connectivity index is 1.79. The molecule has 1 N–H and O–H groups in total. The highest BCUT2D eigenvalue weighted by Gasteiger charge is 2.20. The van der Waals surface area contributed by atoms with E-state index in [2.05, 4.69) is 17.2 Å². The van der Waals surface area contributed by atoms with E-state index in [9.17, 15) is 4.21 Å². The fourth-order valence-corrected chi connectivity index (χ4v) is 4.02. The summed E-state index contributed by atoms with van der Waals surface area (Å²) in [6.07, 6.45) is 2.06. The van der Waals surface area contributed by atoms with Crippen molar-refractivity contribution < 1.29 is 4.21 Å². The van der Waals surface area contributed by atoms with Gasteiger partial charge in [-0.1, -0.05) is 18.7 Å². The zero-order valence-electron chi connectivity index (χ0n) is 9.07. The molecule has 0 aromatic rings. The molecule has 0 amide bonds. The third kappa shape index (κ3) is 3.48. The minimum absolute atomic E-state index is 0.502. The third-order valence-corrected chi connectivity index (χ3v) is 5.40. The number of nitrogens with zero attached hydrogens (tertiary/aromatic N) is 1. The van der Waals surface area contributed by atoms with Gasteiger partial charge in [-0.05, 0) is 18.8 Å². The Hall–Kier alpha value is -0.0300. The molecule has 0 aromatic carbocycles. The molecule has 1 fully saturated rings. The van der Waals surface area contributed by atoms with Crippen molar-refractivity contribution in [1.29, 1.82) is 0 Å². The molecule has 0 spiro atoms. The summed E-state index contributed by atoms with van der Waals surface area (Å²) in [5.41, 5.74) is 0. The van der Waals surface area contributed by atoms with Crippen LogP contribution < -0.4 is 5.32 Å². The van der Waals surface area contributed by atoms with Crippen molar-refractivity contribution >= 4 is 27.7 Å². The van der Waals surface area contributed by atoms with E-state index in [0.29, 0.717) is 12.0 Å². The van der Waals surface area contributed by atoms with Gasteiger partial charge in [-0.25, -0.2) is 0 Å². The molecule has 2 heterocycles. The van der Waals surface area contributed by atoms with Crippen molar-refractivity contribution in [3.63, 3.8) is 0 Å². The maximum Gasteiger partial charge on any atom is 0.156 e. The van der Waals surface area contributed by atoms with Crippen molar-refractivity contribution in [1.82, 2.24) is 5.32 Å². The van der Waals surface area contributed by atoms with Gasteiger partial charge in [0, 0.05) is 40.6 Å². The summed E-state index contributed by atoms with van der Waals surface area (Å²) < 4.78 is 11.2. The van der Waals surface area contributed by atoms with E-state index >= 15 is 0 Å². The predicted octanol–water partition coefficient (Wildman–Crippen LogP) is 1.23. The second-order valence-electron chi connectivity index (χ2n) is 4.33. The number of thioether (sulfide) groups is 1. The van der Waals surface area contributed by atoms with Gasteiger partial charge >= 0.3 is 0 Å². The van der Waals surface area contributed by atoms with Gasteiger partial charge in [0.1, 0.15) is 0 Å². The predicted molar refractivity (Wildman–Crippen MR) is 68.0 cm³/mol. The standard InChI is InChI=1S/C10H18N2OS2/c1-8-6-11-10(14-7-8)12-9-2-4-15(13)5-3-9/h8-9H,2-7H2,1H3,(H,11,12). The van der Waals surface area contributed by atoms with Crippen LogP contribution in [0.25, 0.3) is 0 Å². The molecule has 0 aromatic heterocycles. The highest BCUT2D eigenvalue weighted by Crippen LogP contribution is 2.18. The molecule has 15 heavy (non-hydrogen) atoms. The first kappa shape index (κ1) is 11.5. The van der Waals surface area contributed by atoms with Crippen molar-refractivity contribution in [2.75, 3.05) is 23.8 Å². The highest BCUT2D eigenvalue weighted by molar-refractivity contribution is 8.13. The number of rotatable bonds is 1. The van der Waals surface area contributed by atoms with Crippen molar-refractivity contribution in [2.24, 2.45) is 10.9 Å². The minimum atomic E-state index is -0.560. The van der Waals surface area contributed by atoms with Gasteiger partial charge in [-0.15, -0.1) is 0 Å². The zero-order chi connectivity index (χ0) is 10.7. The van der Waals surface area contributed by atoms with Gasteiger partial charge in [0.15, 0.2) is 5.17 Å². The molecule has 1 atom stereocenters. The molecular formula is C10H18N2OS2. The van der Waals surface area contributed by atoms with Crippen LogP contribution in [0, 0.1) is 5.92 Å². The second-order valence-corrected chi connectivity index (χ2v) is 7.03. The van der Waals surface area contributed by atoms with E-state index in [1.54, 1.807) is 0 Å². The molecule has 2 aliphatic rings. The van der Waals surface area contributed by atoms with Crippen LogP contribution in [-0.4, -0.2) is 39.2 Å². The van der Waals surface area contributed by atoms with Gasteiger partial charge in [-0.2, -0.15) is 0 Å². The first-order chi connectivity index (χ1) is 7.24. The fourth-order valence-electron chi connectivity index (χ4n) is 1.76. The van der Waals surface area contributed by atoms with Gasteiger partial charge in [0.05, 0.1) is 0 Å². The monoisotopic (exact) mass is 246 g/mol. The lowest BCUT2D eigenvalue weighted by Gasteiger charge is -2.26. The summed E-state index contributed by atoms with van der Waals surface area (Å²) in [5.74, 6) is 3.59. The van der Waals surface area contributed by atoms with Crippen molar-refractivity contribution in [2.45, 2.75) is 25.8 Å². The Morgan fingerprint density at radius 1 is 1.47 bits per heavy atom. The summed E-state index contributed by atoms with van der Waals surface area (Å²) in [7, 11) is -0.560. The van der Waals surface area contributed by atoms with E-state index in [1.165, 1.54) is 5.75 Å². The number of nitrogens with one attached hydrogen (secondary N) is 1. The van der Waals surface area contributed by atoms with Gasteiger partial charge in [0.2, 0.25) is 0 Å². The number of hydrogen-bond donors (Lipinski definition) is 1. The van der Waals surface area contributed by atoms with Crippen LogP contribution in [0.4, 0.5) is 0 Å². The van der Waals surface area contributed by atoms with Gasteiger partial charge in [0.25, 0.3) is 0 Å². The normalized spacial score (nSPS) is 37.1. The zero-order valence-corrected chi connectivity index (χ0v) is 10.7. The Kier molecular flexibility index (Phi) is 4.08. The summed E-state index contributed by atoms with van der Waals surface area (Å²) in [5, 5.41) is 4.58.